The van der Waals surface area contributed by atoms with Gasteiger partial charge in [0, 0.05) is 19.1 Å². The lowest BCUT2D eigenvalue weighted by Gasteiger charge is -2.05. The summed E-state index contributed by atoms with van der Waals surface area (Å²) in [4.78, 5) is 21.8. The van der Waals surface area contributed by atoms with E-state index in [0.29, 0.717) is 13.0 Å². The standard InChI is InChI=1S/C20H36O5/c21-17-13-9-5-1-4-8-12-16-20(24)25-18-14-10-6-2-3-7-11-15-19(22)23/h11,15,21H,1-10,12-14,16-18H2,(H,22,23)/b15-11+. The van der Waals surface area contributed by atoms with Gasteiger partial charge in [0.25, 0.3) is 0 Å². The average Bonchev–Trinajstić information content (AvgIpc) is 2.58. The fourth-order valence-electron chi connectivity index (χ4n) is 2.60. The Kier molecular flexibility index (Phi) is 17.9. The number of unbranched alkanes of at least 4 members (excludes halogenated alkanes) is 11. The minimum atomic E-state index is -0.889. The van der Waals surface area contributed by atoms with E-state index in [-0.39, 0.29) is 12.6 Å². The lowest BCUT2D eigenvalue weighted by atomic mass is 10.1. The maximum atomic E-state index is 11.6. The van der Waals surface area contributed by atoms with Gasteiger partial charge in [-0.05, 0) is 32.1 Å². The number of carbonyl (C=O) groups excluding carboxylic acids is 1. The summed E-state index contributed by atoms with van der Waals surface area (Å²) in [7, 11) is 0. The number of allylic oxidation sites excluding steroid dienone is 1. The molecule has 25 heavy (non-hydrogen) atoms. The first-order chi connectivity index (χ1) is 12.2. The second-order valence-corrected chi connectivity index (χ2v) is 6.47. The Morgan fingerprint density at radius 2 is 1.32 bits per heavy atom. The Balaban J connectivity index is 3.21. The van der Waals surface area contributed by atoms with Gasteiger partial charge < -0.3 is 14.9 Å². The van der Waals surface area contributed by atoms with Crippen molar-refractivity contribution in [1.82, 2.24) is 0 Å². The van der Waals surface area contributed by atoms with E-state index in [9.17, 15) is 9.59 Å². The second-order valence-electron chi connectivity index (χ2n) is 6.47. The lowest BCUT2D eigenvalue weighted by molar-refractivity contribution is -0.144. The lowest BCUT2D eigenvalue weighted by Crippen LogP contribution is -2.05. The monoisotopic (exact) mass is 356 g/mol. The van der Waals surface area contributed by atoms with E-state index in [0.717, 1.165) is 70.6 Å². The second kappa shape index (κ2) is 19.0. The van der Waals surface area contributed by atoms with Crippen molar-refractivity contribution in [3.05, 3.63) is 12.2 Å². The molecule has 5 nitrogen and oxygen atoms in total. The van der Waals surface area contributed by atoms with E-state index in [4.69, 9.17) is 14.9 Å². The van der Waals surface area contributed by atoms with Crippen molar-refractivity contribution in [2.24, 2.45) is 0 Å². The van der Waals surface area contributed by atoms with Gasteiger partial charge in [-0.25, -0.2) is 4.79 Å². The van der Waals surface area contributed by atoms with Gasteiger partial charge in [-0.2, -0.15) is 0 Å². The Labute approximate surface area is 152 Å². The highest BCUT2D eigenvalue weighted by atomic mass is 16.5. The third-order valence-electron chi connectivity index (χ3n) is 4.08. The van der Waals surface area contributed by atoms with E-state index in [2.05, 4.69) is 0 Å². The molecular weight excluding hydrogens is 320 g/mol. The molecule has 0 aliphatic carbocycles. The number of carboxylic acids is 1. The van der Waals surface area contributed by atoms with Crippen molar-refractivity contribution < 1.29 is 24.5 Å². The van der Waals surface area contributed by atoms with Gasteiger partial charge in [-0.15, -0.1) is 0 Å². The fraction of sp³-hybridized carbons (Fsp3) is 0.800. The molecule has 0 aliphatic rings. The van der Waals surface area contributed by atoms with Crippen molar-refractivity contribution in [2.75, 3.05) is 13.2 Å². The first-order valence-corrected chi connectivity index (χ1v) is 9.82. The molecule has 0 radical (unpaired) electrons. The van der Waals surface area contributed by atoms with Crippen LogP contribution in [-0.4, -0.2) is 35.4 Å². The summed E-state index contributed by atoms with van der Waals surface area (Å²) in [6.45, 7) is 0.800. The molecule has 0 aliphatic heterocycles. The molecule has 0 unspecified atom stereocenters. The van der Waals surface area contributed by atoms with Gasteiger partial charge in [-0.3, -0.25) is 4.79 Å². The Morgan fingerprint density at radius 3 is 1.96 bits per heavy atom. The first-order valence-electron chi connectivity index (χ1n) is 9.82. The van der Waals surface area contributed by atoms with E-state index in [1.165, 1.54) is 18.9 Å². The summed E-state index contributed by atoms with van der Waals surface area (Å²) in [5.74, 6) is -0.973. The van der Waals surface area contributed by atoms with Crippen molar-refractivity contribution in [3.63, 3.8) is 0 Å². The molecule has 0 atom stereocenters. The fourth-order valence-corrected chi connectivity index (χ4v) is 2.60. The van der Waals surface area contributed by atoms with Crippen LogP contribution in [0.2, 0.25) is 0 Å². The summed E-state index contributed by atoms with van der Waals surface area (Å²) in [5, 5.41) is 17.1. The van der Waals surface area contributed by atoms with Crippen LogP contribution in [0.15, 0.2) is 12.2 Å². The third kappa shape index (κ3) is 20.6. The number of hydrogen-bond acceptors (Lipinski definition) is 4. The molecule has 5 heteroatoms. The summed E-state index contributed by atoms with van der Waals surface area (Å²) in [5.41, 5.74) is 0. The maximum absolute atomic E-state index is 11.6. The minimum Gasteiger partial charge on any atom is -0.478 e. The van der Waals surface area contributed by atoms with Crippen molar-refractivity contribution in [3.8, 4) is 0 Å². The van der Waals surface area contributed by atoms with Crippen LogP contribution in [0.4, 0.5) is 0 Å². The van der Waals surface area contributed by atoms with Gasteiger partial charge in [0.2, 0.25) is 0 Å². The molecule has 0 spiro atoms. The quantitative estimate of drug-likeness (QED) is 0.213. The molecule has 0 aromatic heterocycles. The number of carbonyl (C=O) groups is 2. The molecule has 0 saturated heterocycles. The van der Waals surface area contributed by atoms with Crippen LogP contribution in [0.1, 0.15) is 89.9 Å². The number of rotatable bonds is 18. The van der Waals surface area contributed by atoms with Crippen LogP contribution >= 0.6 is 0 Å². The molecule has 0 aromatic rings. The molecule has 0 saturated carbocycles. The van der Waals surface area contributed by atoms with E-state index in [1.54, 1.807) is 6.08 Å². The maximum Gasteiger partial charge on any atom is 0.327 e. The van der Waals surface area contributed by atoms with Gasteiger partial charge >= 0.3 is 11.9 Å². The summed E-state index contributed by atoms with van der Waals surface area (Å²) >= 11 is 0. The highest BCUT2D eigenvalue weighted by Crippen LogP contribution is 2.10. The summed E-state index contributed by atoms with van der Waals surface area (Å²) in [6.07, 6.45) is 16.8. The van der Waals surface area contributed by atoms with E-state index < -0.39 is 5.97 Å². The molecule has 0 amide bonds. The van der Waals surface area contributed by atoms with E-state index in [1.807, 2.05) is 0 Å². The molecule has 0 bridgehead atoms. The number of aliphatic hydroxyl groups is 1. The molecule has 2 N–H and O–H groups in total. The SMILES string of the molecule is O=C(O)/C=C/CCCCCCCOC(=O)CCCCCCCCCO. The Hall–Kier alpha value is -1.36. The van der Waals surface area contributed by atoms with Crippen LogP contribution in [0.3, 0.4) is 0 Å². The molecule has 146 valence electrons. The van der Waals surface area contributed by atoms with E-state index >= 15 is 0 Å². The summed E-state index contributed by atoms with van der Waals surface area (Å²) < 4.78 is 5.23. The summed E-state index contributed by atoms with van der Waals surface area (Å²) in [6, 6.07) is 0. The molecule has 0 rings (SSSR count). The zero-order valence-electron chi connectivity index (χ0n) is 15.6. The van der Waals surface area contributed by atoms with Gasteiger partial charge in [0.05, 0.1) is 6.61 Å². The average molecular weight is 357 g/mol. The van der Waals surface area contributed by atoms with Crippen LogP contribution in [0, 0.1) is 0 Å². The zero-order valence-corrected chi connectivity index (χ0v) is 15.6. The Morgan fingerprint density at radius 1 is 0.760 bits per heavy atom. The number of aliphatic carboxylic acids is 1. The highest BCUT2D eigenvalue weighted by molar-refractivity contribution is 5.79. The molecule has 0 heterocycles. The van der Waals surface area contributed by atoms with Crippen molar-refractivity contribution in [2.45, 2.75) is 89.9 Å². The van der Waals surface area contributed by atoms with Crippen molar-refractivity contribution in [1.29, 1.82) is 0 Å². The third-order valence-corrected chi connectivity index (χ3v) is 4.08. The number of esters is 1. The number of carboxylic acid groups (broad SMARTS) is 1. The number of hydrogen-bond donors (Lipinski definition) is 2. The largest absolute Gasteiger partial charge is 0.478 e. The Bertz CT molecular complexity index is 352. The first kappa shape index (κ1) is 23.6. The normalized spacial score (nSPS) is 11.1. The minimum absolute atomic E-state index is 0.0842. The van der Waals surface area contributed by atoms with Gasteiger partial charge in [0.1, 0.15) is 0 Å². The molecular formula is C20H36O5. The van der Waals surface area contributed by atoms with Crippen LogP contribution < -0.4 is 0 Å². The topological polar surface area (TPSA) is 83.8 Å². The predicted octanol–water partition coefficient (Wildman–Crippen LogP) is 4.62. The smallest absolute Gasteiger partial charge is 0.327 e. The van der Waals surface area contributed by atoms with Gasteiger partial charge in [0.15, 0.2) is 0 Å². The van der Waals surface area contributed by atoms with Crippen molar-refractivity contribution >= 4 is 11.9 Å². The predicted molar refractivity (Wildman–Crippen MR) is 99.5 cm³/mol. The van der Waals surface area contributed by atoms with Crippen LogP contribution in [0.5, 0.6) is 0 Å². The highest BCUT2D eigenvalue weighted by Gasteiger charge is 2.02. The molecule has 0 aromatic carbocycles. The zero-order chi connectivity index (χ0) is 18.6. The molecule has 0 fully saturated rings. The number of aliphatic hydroxyl groups excluding tert-OH is 1. The van der Waals surface area contributed by atoms with Crippen LogP contribution in [-0.2, 0) is 14.3 Å². The number of ether oxygens (including phenoxy) is 1. The van der Waals surface area contributed by atoms with Crippen LogP contribution in [0.25, 0.3) is 0 Å². The van der Waals surface area contributed by atoms with Gasteiger partial charge in [-0.1, -0.05) is 57.4 Å².